The van der Waals surface area contributed by atoms with Crippen molar-refractivity contribution >= 4 is 22.9 Å². The lowest BCUT2D eigenvalue weighted by Gasteiger charge is -2.11. The van der Waals surface area contributed by atoms with Crippen LogP contribution in [-0.4, -0.2) is 22.6 Å². The minimum atomic E-state index is -4.37. The third-order valence-electron chi connectivity index (χ3n) is 3.41. The first kappa shape index (κ1) is 16.3. The summed E-state index contributed by atoms with van der Waals surface area (Å²) in [5.74, 6) is -1.04. The molecule has 8 heteroatoms. The number of aromatic nitrogens is 1. The number of thiazole rings is 1. The molecule has 3 rings (SSSR count). The van der Waals surface area contributed by atoms with Gasteiger partial charge >= 0.3 is 12.1 Å². The molecule has 1 aliphatic heterocycles. The summed E-state index contributed by atoms with van der Waals surface area (Å²) in [5, 5.41) is 14.2. The van der Waals surface area contributed by atoms with Crippen molar-refractivity contribution in [1.82, 2.24) is 10.3 Å². The van der Waals surface area contributed by atoms with Crippen molar-refractivity contribution < 1.29 is 23.1 Å². The van der Waals surface area contributed by atoms with Crippen LogP contribution in [0.1, 0.15) is 10.6 Å². The van der Waals surface area contributed by atoms with Crippen molar-refractivity contribution in [3.8, 4) is 11.3 Å². The number of carbonyl (C=O) groups is 1. The summed E-state index contributed by atoms with van der Waals surface area (Å²) in [4.78, 5) is 15.4. The molecule has 2 N–H and O–H groups in total. The Bertz CT molecular complexity index is 836. The smallest absolute Gasteiger partial charge is 0.416 e. The summed E-state index contributed by atoms with van der Waals surface area (Å²) in [7, 11) is 0. The molecule has 124 valence electrons. The summed E-state index contributed by atoms with van der Waals surface area (Å²) >= 11 is 1.31. The van der Waals surface area contributed by atoms with E-state index in [1.807, 2.05) is 0 Å². The predicted molar refractivity (Wildman–Crippen MR) is 84.3 cm³/mol. The first-order chi connectivity index (χ1) is 11.3. The molecule has 2 heterocycles. The van der Waals surface area contributed by atoms with Gasteiger partial charge in [0.2, 0.25) is 0 Å². The molecule has 4 nitrogen and oxygen atoms in total. The molecule has 0 saturated carbocycles. The van der Waals surface area contributed by atoms with Crippen LogP contribution < -0.4 is 5.32 Å². The van der Waals surface area contributed by atoms with Crippen molar-refractivity contribution in [2.75, 3.05) is 6.54 Å². The van der Waals surface area contributed by atoms with E-state index in [-0.39, 0.29) is 5.57 Å². The molecule has 0 unspecified atom stereocenters. The van der Waals surface area contributed by atoms with Crippen molar-refractivity contribution in [2.24, 2.45) is 0 Å². The van der Waals surface area contributed by atoms with Gasteiger partial charge in [-0.1, -0.05) is 12.1 Å². The van der Waals surface area contributed by atoms with Crippen LogP contribution in [0.25, 0.3) is 16.8 Å². The van der Waals surface area contributed by atoms with Gasteiger partial charge in [-0.15, -0.1) is 11.3 Å². The highest BCUT2D eigenvalue weighted by Gasteiger charge is 2.30. The molecule has 0 saturated heterocycles. The van der Waals surface area contributed by atoms with E-state index in [0.717, 1.165) is 17.7 Å². The van der Waals surface area contributed by atoms with Crippen LogP contribution in [-0.2, 0) is 11.0 Å². The van der Waals surface area contributed by atoms with E-state index in [9.17, 15) is 18.0 Å². The monoisotopic (exact) mass is 352 g/mol. The largest absolute Gasteiger partial charge is 0.478 e. The third kappa shape index (κ3) is 3.33. The molecule has 2 aromatic rings. The van der Waals surface area contributed by atoms with E-state index in [1.165, 1.54) is 35.7 Å². The number of hydrogen-bond donors (Lipinski definition) is 2. The molecule has 0 spiro atoms. The summed E-state index contributed by atoms with van der Waals surface area (Å²) in [6.45, 7) is 0.441. The number of carboxylic acid groups (broad SMARTS) is 1. The number of nitrogens with one attached hydrogen (secondary N) is 1. The Morgan fingerprint density at radius 2 is 1.96 bits per heavy atom. The number of halogens is 3. The fourth-order valence-electron chi connectivity index (χ4n) is 2.20. The highest BCUT2D eigenvalue weighted by Crippen LogP contribution is 2.32. The molecule has 24 heavy (non-hydrogen) atoms. The standard InChI is InChI=1S/C16H11F3N2O2S/c17-16(18,19)12-3-1-9(2-4-12)13-8-24-14(21-13)10-5-11(15(22)23)7-20-6-10/h1-5,7-8,20H,6H2,(H,22,23). The van der Waals surface area contributed by atoms with Gasteiger partial charge in [0.05, 0.1) is 16.8 Å². The highest BCUT2D eigenvalue weighted by molar-refractivity contribution is 7.11. The van der Waals surface area contributed by atoms with Gasteiger partial charge in [0.15, 0.2) is 0 Å². The van der Waals surface area contributed by atoms with Crippen molar-refractivity contribution in [3.63, 3.8) is 0 Å². The zero-order chi connectivity index (χ0) is 17.3. The minimum absolute atomic E-state index is 0.127. The van der Waals surface area contributed by atoms with E-state index in [0.29, 0.717) is 22.8 Å². The first-order valence-corrected chi connectivity index (χ1v) is 7.73. The second-order valence-corrected chi connectivity index (χ2v) is 5.93. The van der Waals surface area contributed by atoms with Crippen molar-refractivity contribution in [3.05, 3.63) is 58.1 Å². The van der Waals surface area contributed by atoms with Gasteiger partial charge in [0.25, 0.3) is 0 Å². The maximum atomic E-state index is 12.6. The molecule has 0 bridgehead atoms. The SMILES string of the molecule is O=C(O)C1=CNCC(c2nc(-c3ccc(C(F)(F)F)cc3)cs2)=C1. The van der Waals surface area contributed by atoms with E-state index in [1.54, 1.807) is 5.38 Å². The van der Waals surface area contributed by atoms with E-state index < -0.39 is 17.7 Å². The summed E-state index contributed by atoms with van der Waals surface area (Å²) < 4.78 is 37.8. The molecule has 0 fully saturated rings. The Morgan fingerprint density at radius 3 is 2.58 bits per heavy atom. The number of carboxylic acids is 1. The molecular formula is C16H11F3N2O2S. The van der Waals surface area contributed by atoms with Gasteiger partial charge < -0.3 is 10.4 Å². The van der Waals surface area contributed by atoms with Crippen LogP contribution in [0.2, 0.25) is 0 Å². The lowest BCUT2D eigenvalue weighted by Crippen LogP contribution is -2.17. The summed E-state index contributed by atoms with van der Waals surface area (Å²) in [6, 6.07) is 4.78. The van der Waals surface area contributed by atoms with E-state index in [4.69, 9.17) is 5.11 Å². The van der Waals surface area contributed by atoms with E-state index >= 15 is 0 Å². The van der Waals surface area contributed by atoms with Gasteiger partial charge in [0, 0.05) is 29.3 Å². The molecule has 1 aromatic heterocycles. The first-order valence-electron chi connectivity index (χ1n) is 6.85. The lowest BCUT2D eigenvalue weighted by molar-refractivity contribution is -0.137. The minimum Gasteiger partial charge on any atom is -0.478 e. The zero-order valence-corrected chi connectivity index (χ0v) is 12.9. The Kier molecular flexibility index (Phi) is 4.15. The second-order valence-electron chi connectivity index (χ2n) is 5.07. The van der Waals surface area contributed by atoms with Crippen molar-refractivity contribution in [2.45, 2.75) is 6.18 Å². The van der Waals surface area contributed by atoms with Crippen LogP contribution >= 0.6 is 11.3 Å². The normalized spacial score (nSPS) is 14.6. The van der Waals surface area contributed by atoms with Gasteiger partial charge in [-0.05, 0) is 18.2 Å². The Labute approximate surface area is 139 Å². The van der Waals surface area contributed by atoms with Crippen LogP contribution in [0.3, 0.4) is 0 Å². The Balaban J connectivity index is 1.86. The van der Waals surface area contributed by atoms with Crippen LogP contribution in [0.15, 0.2) is 47.5 Å². The lowest BCUT2D eigenvalue weighted by atomic mass is 10.1. The van der Waals surface area contributed by atoms with E-state index in [2.05, 4.69) is 10.3 Å². The maximum absolute atomic E-state index is 12.6. The quantitative estimate of drug-likeness (QED) is 0.882. The topological polar surface area (TPSA) is 62.2 Å². The maximum Gasteiger partial charge on any atom is 0.416 e. The van der Waals surface area contributed by atoms with Crippen LogP contribution in [0.5, 0.6) is 0 Å². The second kappa shape index (κ2) is 6.12. The number of rotatable bonds is 3. The average molecular weight is 352 g/mol. The fraction of sp³-hybridized carbons (Fsp3) is 0.125. The summed E-state index contributed by atoms with van der Waals surface area (Å²) in [6.07, 6.45) is -1.42. The van der Waals surface area contributed by atoms with Gasteiger partial charge in [-0.25, -0.2) is 9.78 Å². The van der Waals surface area contributed by atoms with Gasteiger partial charge in [0.1, 0.15) is 5.01 Å². The molecular weight excluding hydrogens is 341 g/mol. The molecule has 0 aliphatic carbocycles. The number of dihydropyridines is 1. The highest BCUT2D eigenvalue weighted by atomic mass is 32.1. The Hall–Kier alpha value is -2.61. The predicted octanol–water partition coefficient (Wildman–Crippen LogP) is 3.78. The molecule has 0 radical (unpaired) electrons. The van der Waals surface area contributed by atoms with Gasteiger partial charge in [-0.3, -0.25) is 0 Å². The molecule has 1 aliphatic rings. The average Bonchev–Trinajstić information content (AvgIpc) is 3.04. The number of nitrogens with zero attached hydrogens (tertiary/aromatic N) is 1. The molecule has 0 amide bonds. The fourth-order valence-corrected chi connectivity index (χ4v) is 3.04. The van der Waals surface area contributed by atoms with Crippen molar-refractivity contribution in [1.29, 1.82) is 0 Å². The number of aliphatic carboxylic acids is 1. The number of alkyl halides is 3. The Morgan fingerprint density at radius 1 is 1.25 bits per heavy atom. The third-order valence-corrected chi connectivity index (χ3v) is 4.33. The number of benzene rings is 1. The zero-order valence-electron chi connectivity index (χ0n) is 12.1. The summed E-state index contributed by atoms with van der Waals surface area (Å²) in [5.41, 5.74) is 1.26. The molecule has 1 aromatic carbocycles. The van der Waals surface area contributed by atoms with Crippen LogP contribution in [0, 0.1) is 0 Å². The van der Waals surface area contributed by atoms with Crippen LogP contribution in [0.4, 0.5) is 13.2 Å². The number of hydrogen-bond acceptors (Lipinski definition) is 4. The molecule has 0 atom stereocenters. The van der Waals surface area contributed by atoms with Gasteiger partial charge in [-0.2, -0.15) is 13.2 Å².